The molecule has 5 fully saturated rings. The first-order chi connectivity index (χ1) is 31.4. The molecule has 16 nitrogen and oxygen atoms in total. The zero-order valence-electron chi connectivity index (χ0n) is 38.6. The lowest BCUT2D eigenvalue weighted by molar-refractivity contribution is -0.145. The lowest BCUT2D eigenvalue weighted by Gasteiger charge is -2.40. The fourth-order valence-corrected chi connectivity index (χ4v) is 12.1. The molecule has 4 saturated carbocycles. The van der Waals surface area contributed by atoms with E-state index in [1.807, 2.05) is 57.2 Å². The number of aromatic nitrogens is 2. The number of hydrogen-bond donors (Lipinski definition) is 3. The van der Waals surface area contributed by atoms with E-state index in [2.05, 4.69) is 21.9 Å². The van der Waals surface area contributed by atoms with Crippen molar-refractivity contribution < 1.29 is 46.9 Å². The molecule has 9 rings (SSSR count). The van der Waals surface area contributed by atoms with Crippen LogP contribution in [0.15, 0.2) is 54.7 Å². The Bertz CT molecular complexity index is 2540. The normalized spacial score (nSPS) is 31.9. The summed E-state index contributed by atoms with van der Waals surface area (Å²) in [5, 5.41) is 15.3. The van der Waals surface area contributed by atoms with Crippen LogP contribution in [0.2, 0.25) is 0 Å². The van der Waals surface area contributed by atoms with Crippen LogP contribution in [0.4, 0.5) is 4.79 Å². The number of nitrogens with zero attached hydrogens (tertiary/aromatic N) is 4. The van der Waals surface area contributed by atoms with E-state index >= 15 is 4.79 Å². The van der Waals surface area contributed by atoms with Crippen LogP contribution in [0.1, 0.15) is 98.8 Å². The maximum atomic E-state index is 15.5. The first-order valence-electron chi connectivity index (χ1n) is 23.5. The zero-order valence-corrected chi connectivity index (χ0v) is 39.4. The van der Waals surface area contributed by atoms with E-state index in [4.69, 9.17) is 19.2 Å². The Hall–Kier alpha value is -5.45. The van der Waals surface area contributed by atoms with Gasteiger partial charge in [-0.1, -0.05) is 26.0 Å². The Balaban J connectivity index is 1.09. The van der Waals surface area contributed by atoms with Gasteiger partial charge in [0, 0.05) is 41.6 Å². The van der Waals surface area contributed by atoms with Crippen LogP contribution < -0.4 is 24.2 Å². The minimum absolute atomic E-state index is 0.0172. The molecule has 17 heteroatoms. The van der Waals surface area contributed by atoms with Crippen LogP contribution in [0.3, 0.4) is 0 Å². The average Bonchev–Trinajstić information content (AvgIpc) is 4.23. The first kappa shape index (κ1) is 45.7. The molecular weight excluding hydrogens is 865 g/mol. The minimum Gasteiger partial charge on any atom is -0.497 e. The van der Waals surface area contributed by atoms with Gasteiger partial charge in [-0.25, -0.2) is 23.2 Å². The lowest BCUT2D eigenvalue weighted by Crippen LogP contribution is -2.61. The predicted molar refractivity (Wildman–Crippen MR) is 245 cm³/mol. The number of benzene rings is 1. The smallest absolute Gasteiger partial charge is 0.408 e. The number of carboxylic acid groups (broad SMARTS) is 1. The summed E-state index contributed by atoms with van der Waals surface area (Å²) in [6, 6.07) is 8.37. The molecule has 4 aliphatic carbocycles. The number of amides is 4. The summed E-state index contributed by atoms with van der Waals surface area (Å²) in [6.07, 6.45) is 8.87. The number of carbonyl (C=O) groups is 4. The SMILES string of the molecule is COc1ccc2c(O[C@@H]3C[C@H]4C(=O)N[C@]5(C(=O)NS(=O)(=O)C6(C)CC6)C[C@H]5/C=C\CC[C@@H](C)C[C@@H](C)[C@H](N(C(=O)O)C5CC6C[C@H]6C5)C(=O)N4C3)nc(-c3ccc(OC(C)C)nc3)cc2c1. The molecule has 354 valence electrons. The van der Waals surface area contributed by atoms with Crippen molar-refractivity contribution in [2.75, 3.05) is 13.7 Å². The van der Waals surface area contributed by atoms with Crippen molar-refractivity contribution in [3.05, 3.63) is 54.7 Å². The van der Waals surface area contributed by atoms with Gasteiger partial charge in [0.25, 0.3) is 5.91 Å². The van der Waals surface area contributed by atoms with Crippen molar-refractivity contribution in [2.24, 2.45) is 29.6 Å². The molecule has 0 radical (unpaired) electrons. The van der Waals surface area contributed by atoms with Gasteiger partial charge in [-0.05, 0) is 138 Å². The van der Waals surface area contributed by atoms with Crippen LogP contribution in [0.25, 0.3) is 22.0 Å². The Morgan fingerprint density at radius 1 is 1.03 bits per heavy atom. The summed E-state index contributed by atoms with van der Waals surface area (Å²) in [7, 11) is -2.47. The van der Waals surface area contributed by atoms with E-state index in [9.17, 15) is 27.9 Å². The molecule has 2 unspecified atom stereocenters. The Labute approximate surface area is 386 Å². The van der Waals surface area contributed by atoms with Crippen molar-refractivity contribution in [3.8, 4) is 28.8 Å². The summed E-state index contributed by atoms with van der Waals surface area (Å²) in [4.78, 5) is 70.4. The summed E-state index contributed by atoms with van der Waals surface area (Å²) < 4.78 is 46.2. The molecule has 0 spiro atoms. The van der Waals surface area contributed by atoms with Gasteiger partial charge in [-0.15, -0.1) is 0 Å². The number of pyridine rings is 2. The number of rotatable bonds is 11. The summed E-state index contributed by atoms with van der Waals surface area (Å²) in [5.74, 6) is -0.544. The van der Waals surface area contributed by atoms with Gasteiger partial charge in [-0.2, -0.15) is 0 Å². The highest BCUT2D eigenvalue weighted by atomic mass is 32.2. The molecule has 0 bridgehead atoms. The molecule has 66 heavy (non-hydrogen) atoms. The van der Waals surface area contributed by atoms with E-state index in [0.717, 1.165) is 18.2 Å². The molecule has 2 aliphatic heterocycles. The standard InChI is InChI=1S/C49H62N6O10S/c1-27(2)64-41-14-11-30(25-50-41)39-22-33-21-36(63-6)12-13-38(33)44(51-39)65-37-23-40-43(56)52-49(46(58)53-66(61,62)48(5)15-16-48)24-34(49)10-8-7-9-28(3)17-29(4)42(45(57)54(40)26-37)55(47(59)60)35-19-31-18-32(31)20-35/h8,10-14,21-22,25,27-29,31-32,34-35,37,40,42H,7,9,15-20,23-24,26H2,1-6H3,(H,52,56)(H,53,58)(H,59,60)/b10-8-/t28-,29-,31+,32?,34-,35?,37-,40+,42+,49-/m1/s1. The fraction of sp³-hybridized carbons (Fsp3) is 0.592. The van der Waals surface area contributed by atoms with Crippen LogP contribution in [-0.4, -0.2) is 111 Å². The summed E-state index contributed by atoms with van der Waals surface area (Å²) >= 11 is 0. The highest BCUT2D eigenvalue weighted by Gasteiger charge is 2.63. The van der Waals surface area contributed by atoms with Crippen LogP contribution in [-0.2, 0) is 24.4 Å². The molecular formula is C49H62N6O10S. The van der Waals surface area contributed by atoms with Crippen molar-refractivity contribution in [2.45, 2.75) is 139 Å². The van der Waals surface area contributed by atoms with Crippen molar-refractivity contribution in [1.82, 2.24) is 29.8 Å². The van der Waals surface area contributed by atoms with E-state index in [1.165, 1.54) is 9.80 Å². The molecule has 4 heterocycles. The second-order valence-electron chi connectivity index (χ2n) is 20.4. The third kappa shape index (κ3) is 8.91. The van der Waals surface area contributed by atoms with E-state index in [-0.39, 0.29) is 43.3 Å². The van der Waals surface area contributed by atoms with Crippen LogP contribution in [0.5, 0.6) is 17.5 Å². The highest BCUT2D eigenvalue weighted by Crippen LogP contribution is 2.54. The summed E-state index contributed by atoms with van der Waals surface area (Å²) in [6.45, 7) is 9.37. The van der Waals surface area contributed by atoms with Crippen LogP contribution >= 0.6 is 0 Å². The maximum absolute atomic E-state index is 15.5. The molecule has 6 aliphatic rings. The number of methoxy groups -OCH3 is 1. The Kier molecular flexibility index (Phi) is 12.0. The Morgan fingerprint density at radius 3 is 2.45 bits per heavy atom. The van der Waals surface area contributed by atoms with Gasteiger partial charge in [0.15, 0.2) is 0 Å². The number of hydrogen-bond acceptors (Lipinski definition) is 11. The van der Waals surface area contributed by atoms with Gasteiger partial charge in [0.05, 0.1) is 30.2 Å². The topological polar surface area (TPSA) is 207 Å². The van der Waals surface area contributed by atoms with E-state index < -0.39 is 74.1 Å². The second kappa shape index (κ2) is 17.3. The zero-order chi connectivity index (χ0) is 46.9. The van der Waals surface area contributed by atoms with Crippen molar-refractivity contribution in [1.29, 1.82) is 0 Å². The number of carbonyl (C=O) groups excluding carboxylic acids is 3. The maximum Gasteiger partial charge on any atom is 0.408 e. The summed E-state index contributed by atoms with van der Waals surface area (Å²) in [5.41, 5.74) is -0.347. The predicted octanol–water partition coefficient (Wildman–Crippen LogP) is 6.47. The molecule has 3 N–H and O–H groups in total. The lowest BCUT2D eigenvalue weighted by atomic mass is 9.86. The number of nitrogens with one attached hydrogen (secondary N) is 2. The van der Waals surface area contributed by atoms with Gasteiger partial charge >= 0.3 is 6.09 Å². The number of allylic oxidation sites excluding steroid dienone is 1. The largest absolute Gasteiger partial charge is 0.497 e. The number of sulfonamides is 1. The monoisotopic (exact) mass is 926 g/mol. The highest BCUT2D eigenvalue weighted by molar-refractivity contribution is 7.91. The molecule has 10 atom stereocenters. The second-order valence-corrected chi connectivity index (χ2v) is 22.6. The average molecular weight is 927 g/mol. The quantitative estimate of drug-likeness (QED) is 0.177. The molecule has 3 aromatic rings. The van der Waals surface area contributed by atoms with Crippen molar-refractivity contribution >= 4 is 44.6 Å². The molecule has 1 saturated heterocycles. The fourth-order valence-electron chi connectivity index (χ4n) is 10.8. The van der Waals surface area contributed by atoms with Gasteiger partial charge < -0.3 is 29.5 Å². The van der Waals surface area contributed by atoms with Gasteiger partial charge in [0.2, 0.25) is 33.6 Å². The van der Waals surface area contributed by atoms with Gasteiger partial charge in [0.1, 0.15) is 29.5 Å². The minimum atomic E-state index is -4.05. The molecule has 2 aromatic heterocycles. The number of fused-ring (bicyclic) bond motifs is 4. The molecule has 1 aromatic carbocycles. The van der Waals surface area contributed by atoms with E-state index in [0.29, 0.717) is 78.6 Å². The molecule has 4 amide bonds. The number of ether oxygens (including phenoxy) is 3. The van der Waals surface area contributed by atoms with Crippen LogP contribution in [0, 0.1) is 29.6 Å². The van der Waals surface area contributed by atoms with E-state index in [1.54, 1.807) is 32.4 Å². The third-order valence-corrected chi connectivity index (χ3v) is 17.2. The Morgan fingerprint density at radius 2 is 1.79 bits per heavy atom. The van der Waals surface area contributed by atoms with Gasteiger partial charge in [-0.3, -0.25) is 24.0 Å². The van der Waals surface area contributed by atoms with Crippen molar-refractivity contribution in [3.63, 3.8) is 0 Å². The first-order valence-corrected chi connectivity index (χ1v) is 25.0. The third-order valence-electron chi connectivity index (χ3n) is 15.0.